The van der Waals surface area contributed by atoms with Crippen LogP contribution in [0.15, 0.2) is 4.34 Å². The number of nitrogens with zero attached hydrogens (tertiary/aromatic N) is 3. The molecule has 0 aliphatic carbocycles. The molecule has 1 aliphatic heterocycles. The first kappa shape index (κ1) is 20.4. The summed E-state index contributed by atoms with van der Waals surface area (Å²) in [6.45, 7) is 3.91. The molecule has 2 heterocycles. The van der Waals surface area contributed by atoms with Crippen molar-refractivity contribution in [2.75, 3.05) is 43.9 Å². The zero-order valence-electron chi connectivity index (χ0n) is 12.6. The minimum absolute atomic E-state index is 0.00826. The first-order chi connectivity index (χ1) is 11.2. The van der Waals surface area contributed by atoms with Crippen LogP contribution in [0, 0.1) is 0 Å². The van der Waals surface area contributed by atoms with Crippen molar-refractivity contribution >= 4 is 40.1 Å². The Bertz CT molecular complexity index is 549. The van der Waals surface area contributed by atoms with Crippen LogP contribution in [0.25, 0.3) is 0 Å². The lowest BCUT2D eigenvalue weighted by Gasteiger charge is -2.26. The highest BCUT2D eigenvalue weighted by molar-refractivity contribution is 8.01. The third-order valence-electron chi connectivity index (χ3n) is 2.63. The molecule has 2 rings (SSSR count). The first-order valence-corrected chi connectivity index (χ1v) is 8.47. The Balaban J connectivity index is 0.000000351. The van der Waals surface area contributed by atoms with Crippen LogP contribution in [0.5, 0.6) is 0 Å². The normalized spacial score (nSPS) is 14.6. The van der Waals surface area contributed by atoms with Gasteiger partial charge in [-0.15, -0.1) is 10.2 Å². The molecule has 13 heteroatoms. The Kier molecular flexibility index (Phi) is 8.21. The van der Waals surface area contributed by atoms with Gasteiger partial charge in [0.15, 0.2) is 4.34 Å². The van der Waals surface area contributed by atoms with Crippen molar-refractivity contribution in [2.24, 2.45) is 0 Å². The minimum atomic E-state index is -5.08. The maximum atomic E-state index is 11.1. The number of thioether (sulfide) groups is 1. The van der Waals surface area contributed by atoms with E-state index in [9.17, 15) is 18.0 Å². The van der Waals surface area contributed by atoms with Gasteiger partial charge in [-0.05, 0) is 0 Å². The van der Waals surface area contributed by atoms with Crippen LogP contribution in [0.2, 0.25) is 0 Å². The molecule has 0 bridgehead atoms. The van der Waals surface area contributed by atoms with Gasteiger partial charge in [-0.25, -0.2) is 4.79 Å². The van der Waals surface area contributed by atoms with Gasteiger partial charge in [0.2, 0.25) is 11.0 Å². The smallest absolute Gasteiger partial charge is 0.475 e. The summed E-state index contributed by atoms with van der Waals surface area (Å²) in [6, 6.07) is 0. The van der Waals surface area contributed by atoms with E-state index in [2.05, 4.69) is 25.7 Å². The van der Waals surface area contributed by atoms with Crippen LogP contribution in [-0.2, 0) is 9.59 Å². The lowest BCUT2D eigenvalue weighted by molar-refractivity contribution is -0.192. The van der Waals surface area contributed by atoms with E-state index in [1.54, 1.807) is 18.4 Å². The number of anilines is 1. The van der Waals surface area contributed by atoms with Crippen molar-refractivity contribution in [1.29, 1.82) is 0 Å². The molecular formula is C11H16F3N5O3S2. The van der Waals surface area contributed by atoms with E-state index < -0.39 is 12.1 Å². The number of carboxylic acids is 1. The molecule has 0 spiro atoms. The van der Waals surface area contributed by atoms with Crippen LogP contribution in [0.3, 0.4) is 0 Å². The van der Waals surface area contributed by atoms with Gasteiger partial charge >= 0.3 is 12.1 Å². The number of nitrogens with one attached hydrogen (secondary N) is 2. The summed E-state index contributed by atoms with van der Waals surface area (Å²) < 4.78 is 32.6. The molecule has 136 valence electrons. The molecule has 0 atom stereocenters. The van der Waals surface area contributed by atoms with Crippen LogP contribution >= 0.6 is 23.1 Å². The fraction of sp³-hybridized carbons (Fsp3) is 0.636. The predicted molar refractivity (Wildman–Crippen MR) is 83.5 cm³/mol. The van der Waals surface area contributed by atoms with E-state index in [4.69, 9.17) is 9.90 Å². The van der Waals surface area contributed by atoms with Crippen molar-refractivity contribution in [2.45, 2.75) is 10.5 Å². The number of carbonyl (C=O) groups is 2. The van der Waals surface area contributed by atoms with Gasteiger partial charge in [0.05, 0.1) is 5.75 Å². The Hall–Kier alpha value is -1.60. The monoisotopic (exact) mass is 387 g/mol. The first-order valence-electron chi connectivity index (χ1n) is 6.66. The van der Waals surface area contributed by atoms with Gasteiger partial charge in [-0.2, -0.15) is 13.2 Å². The van der Waals surface area contributed by atoms with Gasteiger partial charge in [0, 0.05) is 33.2 Å². The van der Waals surface area contributed by atoms with Gasteiger partial charge < -0.3 is 20.6 Å². The average Bonchev–Trinajstić information content (AvgIpc) is 3.02. The second-order valence-electron chi connectivity index (χ2n) is 4.35. The highest BCUT2D eigenvalue weighted by Gasteiger charge is 2.38. The van der Waals surface area contributed by atoms with Crippen LogP contribution in [0.4, 0.5) is 18.3 Å². The molecule has 1 aliphatic rings. The number of carboxylic acid groups (broad SMARTS) is 1. The molecule has 0 unspecified atom stereocenters. The van der Waals surface area contributed by atoms with Crippen molar-refractivity contribution in [3.63, 3.8) is 0 Å². The van der Waals surface area contributed by atoms with Crippen molar-refractivity contribution < 1.29 is 27.9 Å². The summed E-state index contributed by atoms with van der Waals surface area (Å²) >= 11 is 2.98. The Morgan fingerprint density at radius 2 is 1.96 bits per heavy atom. The number of carbonyl (C=O) groups excluding carboxylic acids is 1. The molecule has 1 aromatic rings. The maximum absolute atomic E-state index is 11.1. The SMILES string of the molecule is CNC(=O)CSc1nnc(N2CCNCC2)s1.O=C(O)C(F)(F)F. The Morgan fingerprint density at radius 1 is 1.38 bits per heavy atom. The average molecular weight is 387 g/mol. The van der Waals surface area contributed by atoms with E-state index in [-0.39, 0.29) is 5.91 Å². The number of alkyl halides is 3. The fourth-order valence-electron chi connectivity index (χ4n) is 1.44. The van der Waals surface area contributed by atoms with E-state index in [0.717, 1.165) is 35.7 Å². The molecule has 8 nitrogen and oxygen atoms in total. The lowest BCUT2D eigenvalue weighted by atomic mass is 10.4. The zero-order chi connectivity index (χ0) is 18.2. The molecular weight excluding hydrogens is 371 g/mol. The standard InChI is InChI=1S/C9H15N5OS2.C2HF3O2/c1-10-7(15)6-16-9-13-12-8(17-9)14-4-2-11-3-5-14;3-2(4,5)1(6)7/h11H,2-6H2,1H3,(H,10,15);(H,6,7). The number of amides is 1. The van der Waals surface area contributed by atoms with Crippen molar-refractivity contribution in [1.82, 2.24) is 20.8 Å². The summed E-state index contributed by atoms with van der Waals surface area (Å²) in [6.07, 6.45) is -5.08. The molecule has 1 amide bonds. The van der Waals surface area contributed by atoms with Crippen LogP contribution < -0.4 is 15.5 Å². The molecule has 0 aromatic carbocycles. The third kappa shape index (κ3) is 7.31. The molecule has 0 saturated carbocycles. The summed E-state index contributed by atoms with van der Waals surface area (Å²) in [5, 5.41) is 22.2. The quantitative estimate of drug-likeness (QED) is 0.638. The fourth-order valence-corrected chi connectivity index (χ4v) is 3.21. The number of aromatic nitrogens is 2. The minimum Gasteiger partial charge on any atom is -0.475 e. The number of halogens is 3. The highest BCUT2D eigenvalue weighted by atomic mass is 32.2. The molecule has 1 aromatic heterocycles. The summed E-state index contributed by atoms with van der Waals surface area (Å²) in [5.41, 5.74) is 0. The summed E-state index contributed by atoms with van der Waals surface area (Å²) in [4.78, 5) is 22.2. The van der Waals surface area contributed by atoms with Gasteiger partial charge in [-0.1, -0.05) is 23.1 Å². The maximum Gasteiger partial charge on any atom is 0.490 e. The summed E-state index contributed by atoms with van der Waals surface area (Å²) in [5.74, 6) is -2.35. The lowest BCUT2D eigenvalue weighted by Crippen LogP contribution is -2.43. The number of aliphatic carboxylic acids is 1. The van der Waals surface area contributed by atoms with E-state index >= 15 is 0 Å². The topological polar surface area (TPSA) is 107 Å². The van der Waals surface area contributed by atoms with Crippen molar-refractivity contribution in [3.8, 4) is 0 Å². The van der Waals surface area contributed by atoms with Crippen molar-refractivity contribution in [3.05, 3.63) is 0 Å². The molecule has 24 heavy (non-hydrogen) atoms. The van der Waals surface area contributed by atoms with Crippen LogP contribution in [-0.4, -0.2) is 72.3 Å². The van der Waals surface area contributed by atoms with Gasteiger partial charge in [-0.3, -0.25) is 4.79 Å². The van der Waals surface area contributed by atoms with Gasteiger partial charge in [0.25, 0.3) is 0 Å². The van der Waals surface area contributed by atoms with Gasteiger partial charge in [0.1, 0.15) is 0 Å². The zero-order valence-corrected chi connectivity index (χ0v) is 14.2. The number of rotatable bonds is 4. The molecule has 1 fully saturated rings. The molecule has 0 radical (unpaired) electrons. The second kappa shape index (κ2) is 9.64. The third-order valence-corrected chi connectivity index (χ3v) is 4.75. The number of hydrogen-bond acceptors (Lipinski definition) is 8. The number of piperazine rings is 1. The van der Waals surface area contributed by atoms with E-state index in [0.29, 0.717) is 5.75 Å². The van der Waals surface area contributed by atoms with E-state index in [1.807, 2.05) is 0 Å². The molecule has 1 saturated heterocycles. The molecule has 3 N–H and O–H groups in total. The predicted octanol–water partition coefficient (Wildman–Crippen LogP) is 0.419. The van der Waals surface area contributed by atoms with Crippen LogP contribution in [0.1, 0.15) is 0 Å². The highest BCUT2D eigenvalue weighted by Crippen LogP contribution is 2.27. The Labute approximate surface area is 143 Å². The second-order valence-corrected chi connectivity index (χ2v) is 6.53. The number of hydrogen-bond donors (Lipinski definition) is 3. The van der Waals surface area contributed by atoms with E-state index in [1.165, 1.54) is 11.8 Å². The largest absolute Gasteiger partial charge is 0.490 e. The Morgan fingerprint density at radius 3 is 2.46 bits per heavy atom. The summed E-state index contributed by atoms with van der Waals surface area (Å²) in [7, 11) is 1.63.